The molecule has 1 aromatic heterocycles. The number of ether oxygens (including phenoxy) is 2. The average molecular weight is 482 g/mol. The lowest BCUT2D eigenvalue weighted by molar-refractivity contribution is -0.163. The fourth-order valence-corrected chi connectivity index (χ4v) is 4.81. The molecule has 7 nitrogen and oxygen atoms in total. The summed E-state index contributed by atoms with van der Waals surface area (Å²) in [4.78, 5) is 26.1. The van der Waals surface area contributed by atoms with Crippen molar-refractivity contribution in [1.29, 1.82) is 5.26 Å². The summed E-state index contributed by atoms with van der Waals surface area (Å²) in [6.07, 6.45) is 0.956. The molecule has 1 radical (unpaired) electrons. The molecular formula is C26H33N2O5Si. The van der Waals surface area contributed by atoms with Crippen molar-refractivity contribution in [2.24, 2.45) is 0 Å². The van der Waals surface area contributed by atoms with E-state index in [2.05, 4.69) is 26.8 Å². The molecule has 0 fully saturated rings. The lowest BCUT2D eigenvalue weighted by Crippen LogP contribution is -2.54. The summed E-state index contributed by atoms with van der Waals surface area (Å²) < 4.78 is 19.5. The van der Waals surface area contributed by atoms with Crippen molar-refractivity contribution in [1.82, 2.24) is 4.57 Å². The first-order valence-corrected chi connectivity index (χ1v) is 13.7. The van der Waals surface area contributed by atoms with Crippen molar-refractivity contribution < 1.29 is 18.7 Å². The van der Waals surface area contributed by atoms with Crippen molar-refractivity contribution >= 4 is 15.0 Å². The number of rotatable bonds is 5. The monoisotopic (exact) mass is 481 g/mol. The third-order valence-electron chi connectivity index (χ3n) is 5.93. The molecule has 1 aromatic carbocycles. The maximum absolute atomic E-state index is 14.0. The van der Waals surface area contributed by atoms with E-state index < -0.39 is 32.8 Å². The van der Waals surface area contributed by atoms with Crippen molar-refractivity contribution in [3.63, 3.8) is 0 Å². The van der Waals surface area contributed by atoms with Crippen LogP contribution in [0.3, 0.4) is 0 Å². The molecule has 2 atom stereocenters. The highest BCUT2D eigenvalue weighted by atomic mass is 28.3. The van der Waals surface area contributed by atoms with Gasteiger partial charge in [-0.3, -0.25) is 9.59 Å². The molecule has 0 N–H and O–H groups in total. The topological polar surface area (TPSA) is 90.5 Å². The SMILES string of the molecule is CC(=O)O[C@H]1[C@H](n2ccc(C(C)(C)C)c(CO[Si](C)C)c2=O)c2cc(C#N)ccc2OC1(C)C. The Hall–Kier alpha value is -2.89. The molecular weight excluding hydrogens is 448 g/mol. The van der Waals surface area contributed by atoms with Crippen LogP contribution in [0.2, 0.25) is 13.1 Å². The van der Waals surface area contributed by atoms with Gasteiger partial charge in [-0.2, -0.15) is 5.26 Å². The summed E-state index contributed by atoms with van der Waals surface area (Å²) in [5, 5.41) is 9.50. The van der Waals surface area contributed by atoms with Gasteiger partial charge >= 0.3 is 5.97 Å². The van der Waals surface area contributed by atoms with Gasteiger partial charge in [-0.05, 0) is 62.2 Å². The minimum Gasteiger partial charge on any atom is -0.484 e. The van der Waals surface area contributed by atoms with Crippen LogP contribution in [0.1, 0.15) is 69.8 Å². The van der Waals surface area contributed by atoms with E-state index in [1.165, 1.54) is 6.92 Å². The molecule has 0 saturated carbocycles. The van der Waals surface area contributed by atoms with E-state index in [4.69, 9.17) is 13.9 Å². The van der Waals surface area contributed by atoms with Gasteiger partial charge in [0.05, 0.1) is 18.2 Å². The number of fused-ring (bicyclic) bond motifs is 1. The Kier molecular flexibility index (Phi) is 7.11. The minimum atomic E-state index is -1.02. The Balaban J connectivity index is 2.32. The lowest BCUT2D eigenvalue weighted by Gasteiger charge is -2.44. The predicted octanol–water partition coefficient (Wildman–Crippen LogP) is 4.48. The highest BCUT2D eigenvalue weighted by Crippen LogP contribution is 2.43. The molecule has 3 rings (SSSR count). The number of pyridine rings is 1. The Labute approximate surface area is 203 Å². The smallest absolute Gasteiger partial charge is 0.303 e. The van der Waals surface area contributed by atoms with Gasteiger partial charge in [0.1, 0.15) is 17.4 Å². The third kappa shape index (κ3) is 5.11. The maximum atomic E-state index is 14.0. The highest BCUT2D eigenvalue weighted by molar-refractivity contribution is 6.48. The van der Waals surface area contributed by atoms with E-state index in [1.807, 2.05) is 33.0 Å². The molecule has 0 unspecified atom stereocenters. The second kappa shape index (κ2) is 9.39. The summed E-state index contributed by atoms with van der Waals surface area (Å²) >= 11 is 0. The van der Waals surface area contributed by atoms with Gasteiger partial charge in [-0.15, -0.1) is 0 Å². The Morgan fingerprint density at radius 2 is 1.94 bits per heavy atom. The van der Waals surface area contributed by atoms with Crippen LogP contribution in [0.5, 0.6) is 5.75 Å². The summed E-state index contributed by atoms with van der Waals surface area (Å²) in [7, 11) is -1.02. The highest BCUT2D eigenvalue weighted by Gasteiger charge is 2.48. The quantitative estimate of drug-likeness (QED) is 0.462. The normalized spacial score (nSPS) is 19.2. The van der Waals surface area contributed by atoms with Crippen LogP contribution in [0.4, 0.5) is 0 Å². The zero-order valence-corrected chi connectivity index (χ0v) is 22.2. The number of carbonyl (C=O) groups excluding carboxylic acids is 1. The number of nitrogens with zero attached hydrogens (tertiary/aromatic N) is 2. The molecule has 0 aliphatic carbocycles. The largest absolute Gasteiger partial charge is 0.484 e. The molecule has 1 aliphatic heterocycles. The standard InChI is InChI=1S/C26H33N2O5Si/c1-16(29)32-23-22(18-13-17(14-27)9-10-21(18)33-26(23,5)6)28-12-11-20(25(2,3)4)19(24(28)30)15-31-34(7)8/h9-13,22-23H,15H2,1-8H3/t22-,23+/m1/s1. The Morgan fingerprint density at radius 3 is 2.50 bits per heavy atom. The Morgan fingerprint density at radius 1 is 1.26 bits per heavy atom. The van der Waals surface area contributed by atoms with Crippen LogP contribution in [0.25, 0.3) is 0 Å². The number of hydrogen-bond acceptors (Lipinski definition) is 6. The molecule has 2 aromatic rings. The van der Waals surface area contributed by atoms with Gasteiger partial charge < -0.3 is 18.5 Å². The van der Waals surface area contributed by atoms with Gasteiger partial charge in [0.2, 0.25) is 9.04 Å². The van der Waals surface area contributed by atoms with Crippen molar-refractivity contribution in [2.45, 2.75) is 84.4 Å². The van der Waals surface area contributed by atoms with Crippen LogP contribution in [-0.4, -0.2) is 31.3 Å². The second-order valence-electron chi connectivity index (χ2n) is 10.4. The predicted molar refractivity (Wildman–Crippen MR) is 131 cm³/mol. The van der Waals surface area contributed by atoms with E-state index in [-0.39, 0.29) is 17.6 Å². The summed E-state index contributed by atoms with van der Waals surface area (Å²) in [5.41, 5.74) is 1.17. The first-order chi connectivity index (χ1) is 15.8. The second-order valence-corrected chi connectivity index (χ2v) is 12.5. The first kappa shape index (κ1) is 25.7. The van der Waals surface area contributed by atoms with E-state index >= 15 is 0 Å². The van der Waals surface area contributed by atoms with E-state index in [1.54, 1.807) is 29.0 Å². The number of aromatic nitrogens is 1. The molecule has 1 aliphatic rings. The van der Waals surface area contributed by atoms with Crippen molar-refractivity contribution in [2.75, 3.05) is 0 Å². The molecule has 34 heavy (non-hydrogen) atoms. The number of benzene rings is 1. The van der Waals surface area contributed by atoms with E-state index in [0.29, 0.717) is 22.4 Å². The fourth-order valence-electron chi connectivity index (χ4n) is 4.38. The Bertz CT molecular complexity index is 1190. The first-order valence-electron chi connectivity index (χ1n) is 11.3. The maximum Gasteiger partial charge on any atom is 0.303 e. The van der Waals surface area contributed by atoms with Gasteiger partial charge in [-0.1, -0.05) is 20.8 Å². The number of nitriles is 1. The molecule has 8 heteroatoms. The lowest BCUT2D eigenvalue weighted by atomic mass is 9.83. The molecule has 0 bridgehead atoms. The van der Waals surface area contributed by atoms with Gasteiger partial charge in [0.25, 0.3) is 5.56 Å². The van der Waals surface area contributed by atoms with E-state index in [0.717, 1.165) is 5.56 Å². The zero-order valence-electron chi connectivity index (χ0n) is 21.2. The van der Waals surface area contributed by atoms with Gasteiger partial charge in [0.15, 0.2) is 6.10 Å². The summed E-state index contributed by atoms with van der Waals surface area (Å²) in [6, 6.07) is 8.52. The molecule has 0 amide bonds. The van der Waals surface area contributed by atoms with Gasteiger partial charge in [0, 0.05) is 24.2 Å². The van der Waals surface area contributed by atoms with Crippen LogP contribution in [-0.2, 0) is 26.0 Å². The van der Waals surface area contributed by atoms with Crippen molar-refractivity contribution in [3.8, 4) is 11.8 Å². The zero-order chi connectivity index (χ0) is 25.4. The number of hydrogen-bond donors (Lipinski definition) is 0. The van der Waals surface area contributed by atoms with Crippen molar-refractivity contribution in [3.05, 3.63) is 63.1 Å². The fraction of sp³-hybridized carbons (Fsp3) is 0.500. The third-order valence-corrected chi connectivity index (χ3v) is 6.65. The molecule has 2 heterocycles. The van der Waals surface area contributed by atoms with Crippen LogP contribution < -0.4 is 10.3 Å². The molecule has 0 spiro atoms. The van der Waals surface area contributed by atoms with Crippen LogP contribution in [0, 0.1) is 11.3 Å². The van der Waals surface area contributed by atoms with Gasteiger partial charge in [-0.25, -0.2) is 0 Å². The molecule has 181 valence electrons. The molecule has 0 saturated heterocycles. The minimum absolute atomic E-state index is 0.205. The van der Waals surface area contributed by atoms with Crippen LogP contribution in [0.15, 0.2) is 35.3 Å². The number of esters is 1. The number of carbonyl (C=O) groups is 1. The van der Waals surface area contributed by atoms with E-state index in [9.17, 15) is 14.9 Å². The average Bonchev–Trinajstić information content (AvgIpc) is 2.72. The van der Waals surface area contributed by atoms with Crippen LogP contribution >= 0.6 is 0 Å². The summed E-state index contributed by atoms with van der Waals surface area (Å²) in [5.74, 6) is 0.0771. The summed E-state index contributed by atoms with van der Waals surface area (Å²) in [6.45, 7) is 15.5.